The Morgan fingerprint density at radius 2 is 1.82 bits per heavy atom. The molecule has 1 aromatic heterocycles. The van der Waals surface area contributed by atoms with E-state index in [4.69, 9.17) is 9.31 Å². The van der Waals surface area contributed by atoms with E-state index in [9.17, 15) is 22.4 Å². The maximum atomic E-state index is 14.3. The van der Waals surface area contributed by atoms with Crippen LogP contribution in [0.2, 0.25) is 0 Å². The summed E-state index contributed by atoms with van der Waals surface area (Å²) >= 11 is 0. The van der Waals surface area contributed by atoms with Gasteiger partial charge in [0.1, 0.15) is 11.6 Å². The molecule has 6 nitrogen and oxygen atoms in total. The maximum absolute atomic E-state index is 14.3. The highest BCUT2D eigenvalue weighted by Crippen LogP contribution is 2.36. The van der Waals surface area contributed by atoms with Crippen molar-refractivity contribution in [1.82, 2.24) is 9.88 Å². The molecule has 0 N–H and O–H groups in total. The van der Waals surface area contributed by atoms with E-state index in [-0.39, 0.29) is 18.7 Å². The molecule has 0 radical (unpaired) electrons. The zero-order valence-corrected chi connectivity index (χ0v) is 18.6. The Morgan fingerprint density at radius 3 is 2.45 bits per heavy atom. The number of pyridine rings is 1. The predicted molar refractivity (Wildman–Crippen MR) is 111 cm³/mol. The van der Waals surface area contributed by atoms with E-state index < -0.39 is 42.2 Å². The fraction of sp³-hybridized carbons (Fsp3) is 0.455. The van der Waals surface area contributed by atoms with Gasteiger partial charge in [-0.25, -0.2) is 4.39 Å². The fourth-order valence-electron chi connectivity index (χ4n) is 3.74. The van der Waals surface area contributed by atoms with Crippen LogP contribution in [0.15, 0.2) is 30.5 Å². The number of benzene rings is 1. The van der Waals surface area contributed by atoms with Gasteiger partial charge in [0.25, 0.3) is 5.91 Å². The van der Waals surface area contributed by atoms with Crippen molar-refractivity contribution in [3.05, 3.63) is 53.1 Å². The average Bonchev–Trinajstić information content (AvgIpc) is 2.92. The Bertz CT molecular complexity index is 1070. The highest BCUT2D eigenvalue weighted by atomic mass is 19.4. The molecule has 1 fully saturated rings. The van der Waals surface area contributed by atoms with Crippen LogP contribution in [0.1, 0.15) is 49.3 Å². The first-order chi connectivity index (χ1) is 15.3. The van der Waals surface area contributed by atoms with Crippen LogP contribution in [-0.4, -0.2) is 47.0 Å². The maximum Gasteiger partial charge on any atom is 0.573 e. The van der Waals surface area contributed by atoms with E-state index in [1.165, 1.54) is 4.90 Å². The molecule has 0 bridgehead atoms. The van der Waals surface area contributed by atoms with Crippen LogP contribution in [0, 0.1) is 5.82 Å². The molecule has 33 heavy (non-hydrogen) atoms. The van der Waals surface area contributed by atoms with Crippen molar-refractivity contribution in [2.24, 2.45) is 0 Å². The number of aromatic nitrogens is 1. The molecule has 0 unspecified atom stereocenters. The third-order valence-electron chi connectivity index (χ3n) is 6.26. The molecule has 1 saturated heterocycles. The first-order valence-electron chi connectivity index (χ1n) is 10.4. The summed E-state index contributed by atoms with van der Waals surface area (Å²) < 4.78 is 67.7. The molecule has 176 valence electrons. The lowest BCUT2D eigenvalue weighted by Crippen LogP contribution is -2.41. The Morgan fingerprint density at radius 1 is 1.15 bits per heavy atom. The number of fused-ring (bicyclic) bond motifs is 1. The number of alkyl halides is 3. The third kappa shape index (κ3) is 4.70. The minimum atomic E-state index is -4.90. The Hall–Kier alpha value is -2.66. The summed E-state index contributed by atoms with van der Waals surface area (Å²) in [6.07, 6.45) is -2.86. The molecule has 3 heterocycles. The van der Waals surface area contributed by atoms with Crippen molar-refractivity contribution in [1.29, 1.82) is 0 Å². The number of halogens is 4. The van der Waals surface area contributed by atoms with Crippen LogP contribution in [0.25, 0.3) is 0 Å². The lowest BCUT2D eigenvalue weighted by atomic mass is 9.79. The van der Waals surface area contributed by atoms with Gasteiger partial charge in [-0.3, -0.25) is 9.78 Å². The topological polar surface area (TPSA) is 60.9 Å². The summed E-state index contributed by atoms with van der Waals surface area (Å²) in [5, 5.41) is 0. The SMILES string of the molecule is CC1(C)OB(c2cnc3c(c2)C(=O)N(Cc2cc(OC(F)(F)F)ccc2F)CC3)OC1(C)C. The van der Waals surface area contributed by atoms with Crippen LogP contribution < -0.4 is 10.2 Å². The Kier molecular flexibility index (Phi) is 5.69. The number of hydrogen-bond donors (Lipinski definition) is 0. The van der Waals surface area contributed by atoms with Crippen molar-refractivity contribution in [3.8, 4) is 5.75 Å². The monoisotopic (exact) mass is 466 g/mol. The van der Waals surface area contributed by atoms with Crippen LogP contribution >= 0.6 is 0 Å². The minimum Gasteiger partial charge on any atom is -0.406 e. The number of hydrogen-bond acceptors (Lipinski definition) is 5. The molecule has 0 aliphatic carbocycles. The number of ether oxygens (including phenoxy) is 1. The Labute approximate surface area is 189 Å². The second kappa shape index (κ2) is 7.98. The summed E-state index contributed by atoms with van der Waals surface area (Å²) in [6, 6.07) is 4.38. The van der Waals surface area contributed by atoms with Gasteiger partial charge in [0.05, 0.1) is 22.5 Å². The van der Waals surface area contributed by atoms with E-state index in [0.717, 1.165) is 18.2 Å². The van der Waals surface area contributed by atoms with E-state index >= 15 is 0 Å². The molecule has 1 aromatic carbocycles. The molecule has 1 amide bonds. The Balaban J connectivity index is 1.56. The number of nitrogens with zero attached hydrogens (tertiary/aromatic N) is 2. The second-order valence-corrected chi connectivity index (χ2v) is 9.13. The molecule has 2 aliphatic heterocycles. The molecule has 4 rings (SSSR count). The summed E-state index contributed by atoms with van der Waals surface area (Å²) in [7, 11) is -0.704. The lowest BCUT2D eigenvalue weighted by Gasteiger charge is -2.32. The molecular weight excluding hydrogens is 443 g/mol. The van der Waals surface area contributed by atoms with Crippen molar-refractivity contribution in [2.45, 2.75) is 58.2 Å². The molecule has 2 aliphatic rings. The van der Waals surface area contributed by atoms with Gasteiger partial charge in [0.2, 0.25) is 0 Å². The zero-order valence-electron chi connectivity index (χ0n) is 18.6. The number of rotatable bonds is 4. The van der Waals surface area contributed by atoms with Gasteiger partial charge in [-0.15, -0.1) is 13.2 Å². The summed E-state index contributed by atoms with van der Waals surface area (Å²) in [5.41, 5.74) is 0.288. The molecule has 0 spiro atoms. The minimum absolute atomic E-state index is 0.0800. The van der Waals surface area contributed by atoms with Crippen LogP contribution in [0.5, 0.6) is 5.75 Å². The van der Waals surface area contributed by atoms with E-state index in [0.29, 0.717) is 23.1 Å². The summed E-state index contributed by atoms with van der Waals surface area (Å²) in [5.74, 6) is -1.68. The van der Waals surface area contributed by atoms with Crippen LogP contribution in [0.3, 0.4) is 0 Å². The largest absolute Gasteiger partial charge is 0.573 e. The van der Waals surface area contributed by atoms with E-state index in [1.807, 2.05) is 27.7 Å². The molecule has 0 atom stereocenters. The van der Waals surface area contributed by atoms with Crippen molar-refractivity contribution < 1.29 is 36.4 Å². The van der Waals surface area contributed by atoms with Crippen LogP contribution in [-0.2, 0) is 22.3 Å². The van der Waals surface area contributed by atoms with Gasteiger partial charge in [0.15, 0.2) is 0 Å². The lowest BCUT2D eigenvalue weighted by molar-refractivity contribution is -0.274. The third-order valence-corrected chi connectivity index (χ3v) is 6.26. The van der Waals surface area contributed by atoms with Gasteiger partial charge < -0.3 is 18.9 Å². The first-order valence-corrected chi connectivity index (χ1v) is 10.4. The standard InChI is InChI=1S/C22H23BF4N2O4/c1-20(2)21(3,4)33-23(32-20)14-10-16-18(28-11-14)7-8-29(19(16)30)12-13-9-15(5-6-17(13)24)31-22(25,26)27/h5-6,9-11H,7-8,12H2,1-4H3. The zero-order chi connectivity index (χ0) is 24.2. The van der Waals surface area contributed by atoms with E-state index in [2.05, 4.69) is 9.72 Å². The molecule has 0 saturated carbocycles. The number of amides is 1. The normalized spacial score (nSPS) is 19.6. The smallest absolute Gasteiger partial charge is 0.406 e. The van der Waals surface area contributed by atoms with Crippen molar-refractivity contribution in [2.75, 3.05) is 6.54 Å². The molecule has 2 aromatic rings. The second-order valence-electron chi connectivity index (χ2n) is 9.13. The van der Waals surface area contributed by atoms with Gasteiger partial charge >= 0.3 is 13.5 Å². The predicted octanol–water partition coefficient (Wildman–Crippen LogP) is 3.62. The highest BCUT2D eigenvalue weighted by Gasteiger charge is 2.52. The van der Waals surface area contributed by atoms with Crippen molar-refractivity contribution in [3.63, 3.8) is 0 Å². The van der Waals surface area contributed by atoms with Gasteiger partial charge in [-0.2, -0.15) is 0 Å². The highest BCUT2D eigenvalue weighted by molar-refractivity contribution is 6.62. The van der Waals surface area contributed by atoms with Gasteiger partial charge in [-0.1, -0.05) is 0 Å². The summed E-state index contributed by atoms with van der Waals surface area (Å²) in [6.45, 7) is 7.69. The first kappa shape index (κ1) is 23.5. The summed E-state index contributed by atoms with van der Waals surface area (Å²) in [4.78, 5) is 18.9. The van der Waals surface area contributed by atoms with Crippen molar-refractivity contribution >= 4 is 18.5 Å². The average molecular weight is 466 g/mol. The molecule has 11 heteroatoms. The van der Waals surface area contributed by atoms with E-state index in [1.54, 1.807) is 12.3 Å². The van der Waals surface area contributed by atoms with Gasteiger partial charge in [0, 0.05) is 36.7 Å². The number of carbonyl (C=O) groups is 1. The quantitative estimate of drug-likeness (QED) is 0.509. The fourth-order valence-corrected chi connectivity index (χ4v) is 3.74. The molecular formula is C22H23BF4N2O4. The van der Waals surface area contributed by atoms with Crippen LogP contribution in [0.4, 0.5) is 17.6 Å². The van der Waals surface area contributed by atoms with Gasteiger partial charge in [-0.05, 0) is 52.0 Å². The number of carbonyl (C=O) groups excluding carboxylic acids is 1.